The first-order chi connectivity index (χ1) is 9.38. The second-order valence-corrected chi connectivity index (χ2v) is 6.73. The SMILES string of the molecule is COCCCCCNS(=O)(=O)c1cc(N)c(Cl)cc1C. The van der Waals surface area contributed by atoms with E-state index in [1.165, 1.54) is 6.07 Å². The molecule has 0 saturated carbocycles. The van der Waals surface area contributed by atoms with Gasteiger partial charge in [0.2, 0.25) is 10.0 Å². The van der Waals surface area contributed by atoms with Crippen molar-refractivity contribution in [3.8, 4) is 0 Å². The van der Waals surface area contributed by atoms with Crippen molar-refractivity contribution in [1.82, 2.24) is 4.72 Å². The molecule has 7 heteroatoms. The fraction of sp³-hybridized carbons (Fsp3) is 0.538. The van der Waals surface area contributed by atoms with Crippen molar-refractivity contribution < 1.29 is 13.2 Å². The van der Waals surface area contributed by atoms with Crippen molar-refractivity contribution in [3.05, 3.63) is 22.7 Å². The molecule has 0 amide bonds. The van der Waals surface area contributed by atoms with Gasteiger partial charge in [-0.3, -0.25) is 0 Å². The Morgan fingerprint density at radius 3 is 2.65 bits per heavy atom. The van der Waals surface area contributed by atoms with Gasteiger partial charge in [-0.1, -0.05) is 11.6 Å². The van der Waals surface area contributed by atoms with Crippen LogP contribution in [0.4, 0.5) is 5.69 Å². The fourth-order valence-electron chi connectivity index (χ4n) is 1.79. The Hall–Kier alpha value is -0.820. The van der Waals surface area contributed by atoms with Crippen LogP contribution in [0, 0.1) is 6.92 Å². The van der Waals surface area contributed by atoms with Crippen LogP contribution in [0.5, 0.6) is 0 Å². The van der Waals surface area contributed by atoms with Gasteiger partial charge in [-0.25, -0.2) is 13.1 Å². The minimum atomic E-state index is -3.54. The minimum Gasteiger partial charge on any atom is -0.397 e. The number of anilines is 1. The molecule has 0 aliphatic heterocycles. The van der Waals surface area contributed by atoms with Gasteiger partial charge >= 0.3 is 0 Å². The zero-order valence-corrected chi connectivity index (χ0v) is 13.4. The molecule has 0 aliphatic carbocycles. The molecule has 0 bridgehead atoms. The summed E-state index contributed by atoms with van der Waals surface area (Å²) < 4.78 is 31.8. The minimum absolute atomic E-state index is 0.177. The molecule has 1 aromatic rings. The Morgan fingerprint density at radius 1 is 1.30 bits per heavy atom. The van der Waals surface area contributed by atoms with Crippen molar-refractivity contribution >= 4 is 27.3 Å². The summed E-state index contributed by atoms with van der Waals surface area (Å²) in [4.78, 5) is 0.177. The highest BCUT2D eigenvalue weighted by Gasteiger charge is 2.17. The number of nitrogens with two attached hydrogens (primary N) is 1. The Labute approximate surface area is 125 Å². The number of halogens is 1. The smallest absolute Gasteiger partial charge is 0.240 e. The molecule has 0 unspecified atom stereocenters. The third kappa shape index (κ3) is 4.94. The molecule has 0 atom stereocenters. The van der Waals surface area contributed by atoms with Gasteiger partial charge in [-0.15, -0.1) is 0 Å². The van der Waals surface area contributed by atoms with Crippen LogP contribution in [-0.2, 0) is 14.8 Å². The molecule has 1 aromatic carbocycles. The average molecular weight is 321 g/mol. The van der Waals surface area contributed by atoms with E-state index < -0.39 is 10.0 Å². The van der Waals surface area contributed by atoms with Gasteiger partial charge in [-0.2, -0.15) is 0 Å². The number of methoxy groups -OCH3 is 1. The summed E-state index contributed by atoms with van der Waals surface area (Å²) in [5.74, 6) is 0. The van der Waals surface area contributed by atoms with Gasteiger partial charge in [0.25, 0.3) is 0 Å². The molecule has 3 N–H and O–H groups in total. The van der Waals surface area contributed by atoms with Crippen LogP contribution in [0.25, 0.3) is 0 Å². The normalized spacial score (nSPS) is 11.8. The molecule has 5 nitrogen and oxygen atoms in total. The zero-order valence-electron chi connectivity index (χ0n) is 11.8. The fourth-order valence-corrected chi connectivity index (χ4v) is 3.34. The number of rotatable bonds is 8. The predicted molar refractivity (Wildman–Crippen MR) is 81.5 cm³/mol. The molecule has 114 valence electrons. The van der Waals surface area contributed by atoms with Crippen LogP contribution >= 0.6 is 11.6 Å². The largest absolute Gasteiger partial charge is 0.397 e. The number of hydrogen-bond donors (Lipinski definition) is 2. The van der Waals surface area contributed by atoms with Gasteiger partial charge in [0.05, 0.1) is 15.6 Å². The van der Waals surface area contributed by atoms with E-state index in [9.17, 15) is 8.42 Å². The molecule has 1 rings (SSSR count). The molecule has 0 fully saturated rings. The zero-order chi connectivity index (χ0) is 15.2. The highest BCUT2D eigenvalue weighted by molar-refractivity contribution is 7.89. The van der Waals surface area contributed by atoms with Gasteiger partial charge in [-0.05, 0) is 43.9 Å². The monoisotopic (exact) mass is 320 g/mol. The Bertz CT molecular complexity index is 547. The van der Waals surface area contributed by atoms with Gasteiger partial charge < -0.3 is 10.5 Å². The van der Waals surface area contributed by atoms with Gasteiger partial charge in [0.1, 0.15) is 0 Å². The Morgan fingerprint density at radius 2 is 2.00 bits per heavy atom. The van der Waals surface area contributed by atoms with E-state index in [0.29, 0.717) is 23.7 Å². The van der Waals surface area contributed by atoms with Crippen LogP contribution in [0.1, 0.15) is 24.8 Å². The van der Waals surface area contributed by atoms with E-state index in [1.54, 1.807) is 20.1 Å². The van der Waals surface area contributed by atoms with Crippen molar-refractivity contribution in [1.29, 1.82) is 0 Å². The summed E-state index contributed by atoms with van der Waals surface area (Å²) >= 11 is 5.86. The summed E-state index contributed by atoms with van der Waals surface area (Å²) in [5, 5.41) is 0.362. The second kappa shape index (κ2) is 7.83. The Balaban J connectivity index is 2.63. The van der Waals surface area contributed by atoms with E-state index in [4.69, 9.17) is 22.1 Å². The van der Waals surface area contributed by atoms with Crippen molar-refractivity contribution in [2.24, 2.45) is 0 Å². The van der Waals surface area contributed by atoms with E-state index in [1.807, 2.05) is 0 Å². The lowest BCUT2D eigenvalue weighted by molar-refractivity contribution is 0.192. The van der Waals surface area contributed by atoms with E-state index >= 15 is 0 Å². The maximum Gasteiger partial charge on any atom is 0.240 e. The molecule has 0 spiro atoms. The van der Waals surface area contributed by atoms with E-state index in [-0.39, 0.29) is 10.6 Å². The van der Waals surface area contributed by atoms with Crippen molar-refractivity contribution in [2.75, 3.05) is 26.0 Å². The number of unbranched alkanes of at least 4 members (excludes halogenated alkanes) is 2. The number of sulfonamides is 1. The third-order valence-corrected chi connectivity index (χ3v) is 4.83. The number of benzene rings is 1. The van der Waals surface area contributed by atoms with E-state index in [0.717, 1.165) is 19.3 Å². The molecule has 0 aliphatic rings. The highest BCUT2D eigenvalue weighted by atomic mass is 35.5. The van der Waals surface area contributed by atoms with Crippen LogP contribution < -0.4 is 10.5 Å². The summed E-state index contributed by atoms with van der Waals surface area (Å²) in [6.07, 6.45) is 2.61. The lowest BCUT2D eigenvalue weighted by atomic mass is 10.2. The Kier molecular flexibility index (Phi) is 6.75. The number of nitrogen functional groups attached to an aromatic ring is 1. The quantitative estimate of drug-likeness (QED) is 0.569. The summed E-state index contributed by atoms with van der Waals surface area (Å²) in [6, 6.07) is 2.95. The number of nitrogens with one attached hydrogen (secondary N) is 1. The first-order valence-corrected chi connectivity index (χ1v) is 8.29. The second-order valence-electron chi connectivity index (χ2n) is 4.59. The maximum atomic E-state index is 12.2. The first-order valence-electron chi connectivity index (χ1n) is 6.42. The van der Waals surface area contributed by atoms with Gasteiger partial charge in [0.15, 0.2) is 0 Å². The van der Waals surface area contributed by atoms with Gasteiger partial charge in [0, 0.05) is 20.3 Å². The van der Waals surface area contributed by atoms with Crippen molar-refractivity contribution in [3.63, 3.8) is 0 Å². The number of hydrogen-bond acceptors (Lipinski definition) is 4. The maximum absolute atomic E-state index is 12.2. The van der Waals surface area contributed by atoms with Crippen LogP contribution in [0.2, 0.25) is 5.02 Å². The van der Waals surface area contributed by atoms with Crippen LogP contribution in [0.3, 0.4) is 0 Å². The summed E-state index contributed by atoms with van der Waals surface area (Å²) in [6.45, 7) is 2.78. The molecule has 0 saturated heterocycles. The molecule has 20 heavy (non-hydrogen) atoms. The molecule has 0 aromatic heterocycles. The molecule has 0 heterocycles. The third-order valence-electron chi connectivity index (χ3n) is 2.90. The summed E-state index contributed by atoms with van der Waals surface area (Å²) in [7, 11) is -1.89. The average Bonchev–Trinajstić information content (AvgIpc) is 2.37. The number of aryl methyl sites for hydroxylation is 1. The van der Waals surface area contributed by atoms with Crippen LogP contribution in [-0.4, -0.2) is 28.7 Å². The lowest BCUT2D eigenvalue weighted by Crippen LogP contribution is -2.25. The standard InChI is InChI=1S/C13H21ClN2O3S/c1-10-8-11(14)12(15)9-13(10)20(17,18)16-6-4-3-5-7-19-2/h8-9,16H,3-7,15H2,1-2H3. The van der Waals surface area contributed by atoms with E-state index in [2.05, 4.69) is 4.72 Å². The van der Waals surface area contributed by atoms with Crippen molar-refractivity contribution in [2.45, 2.75) is 31.1 Å². The number of ether oxygens (including phenoxy) is 1. The first kappa shape index (κ1) is 17.2. The summed E-state index contributed by atoms with van der Waals surface area (Å²) in [5.41, 5.74) is 6.50. The molecular formula is C13H21ClN2O3S. The lowest BCUT2D eigenvalue weighted by Gasteiger charge is -2.11. The van der Waals surface area contributed by atoms with Crippen LogP contribution in [0.15, 0.2) is 17.0 Å². The predicted octanol–water partition coefficient (Wildman–Crippen LogP) is 2.33. The highest BCUT2D eigenvalue weighted by Crippen LogP contribution is 2.26. The molecule has 0 radical (unpaired) electrons. The topological polar surface area (TPSA) is 81.4 Å². The molecular weight excluding hydrogens is 300 g/mol.